The van der Waals surface area contributed by atoms with Crippen molar-refractivity contribution in [3.8, 4) is 11.5 Å². The summed E-state index contributed by atoms with van der Waals surface area (Å²) in [4.78, 5) is 11.8. The summed E-state index contributed by atoms with van der Waals surface area (Å²) in [6.07, 6.45) is 0.578. The highest BCUT2D eigenvalue weighted by Crippen LogP contribution is 2.32. The Morgan fingerprint density at radius 3 is 2.78 bits per heavy atom. The number of ether oxygens (including phenoxy) is 2. The first-order valence-electron chi connectivity index (χ1n) is 5.90. The fourth-order valence-corrected chi connectivity index (χ4v) is 2.24. The molecule has 1 saturated heterocycles. The first kappa shape index (κ1) is 13.2. The lowest BCUT2D eigenvalue weighted by Crippen LogP contribution is -2.31. The molecule has 0 amide bonds. The van der Waals surface area contributed by atoms with E-state index in [4.69, 9.17) is 15.2 Å². The Kier molecular flexibility index (Phi) is 4.49. The topological polar surface area (TPSA) is 61.5 Å². The molecule has 1 fully saturated rings. The SMILES string of the molecule is COc1ccc(C(=O)CCN)cc1OC1CSC1. The Balaban J connectivity index is 2.17. The van der Waals surface area contributed by atoms with Gasteiger partial charge in [-0.3, -0.25) is 4.79 Å². The van der Waals surface area contributed by atoms with Crippen molar-refractivity contribution in [3.63, 3.8) is 0 Å². The predicted octanol–water partition coefficient (Wildman–Crippen LogP) is 1.72. The summed E-state index contributed by atoms with van der Waals surface area (Å²) in [5.74, 6) is 3.32. The number of thioether (sulfide) groups is 1. The average Bonchev–Trinajstić information content (AvgIpc) is 2.34. The lowest BCUT2D eigenvalue weighted by Gasteiger charge is -2.26. The predicted molar refractivity (Wildman–Crippen MR) is 72.7 cm³/mol. The minimum Gasteiger partial charge on any atom is -0.493 e. The van der Waals surface area contributed by atoms with Gasteiger partial charge in [-0.1, -0.05) is 0 Å². The first-order chi connectivity index (χ1) is 8.74. The fourth-order valence-electron chi connectivity index (χ4n) is 1.68. The van der Waals surface area contributed by atoms with Gasteiger partial charge in [0.05, 0.1) is 7.11 Å². The van der Waals surface area contributed by atoms with Crippen LogP contribution in [0.25, 0.3) is 0 Å². The molecule has 98 valence electrons. The van der Waals surface area contributed by atoms with Gasteiger partial charge in [-0.2, -0.15) is 11.8 Å². The quantitative estimate of drug-likeness (QED) is 0.795. The van der Waals surface area contributed by atoms with Gasteiger partial charge in [0.15, 0.2) is 17.3 Å². The van der Waals surface area contributed by atoms with E-state index in [1.54, 1.807) is 25.3 Å². The van der Waals surface area contributed by atoms with E-state index in [2.05, 4.69) is 0 Å². The molecule has 0 radical (unpaired) electrons. The monoisotopic (exact) mass is 267 g/mol. The van der Waals surface area contributed by atoms with E-state index in [1.165, 1.54) is 0 Å². The molecule has 0 bridgehead atoms. The number of benzene rings is 1. The summed E-state index contributed by atoms with van der Waals surface area (Å²) >= 11 is 1.85. The molecule has 0 atom stereocenters. The number of nitrogens with two attached hydrogens (primary N) is 1. The first-order valence-corrected chi connectivity index (χ1v) is 7.05. The molecule has 2 rings (SSSR count). The van der Waals surface area contributed by atoms with Crippen molar-refractivity contribution in [3.05, 3.63) is 23.8 Å². The molecule has 5 heteroatoms. The number of Topliss-reactive ketones (excluding diaryl/α,β-unsaturated/α-hetero) is 1. The van der Waals surface area contributed by atoms with Crippen LogP contribution < -0.4 is 15.2 Å². The molecule has 1 aliphatic rings. The number of carbonyl (C=O) groups excluding carboxylic acids is 1. The standard InChI is InChI=1S/C13H17NO3S/c1-16-12-3-2-9(11(15)4-5-14)6-13(12)17-10-7-18-8-10/h2-3,6,10H,4-5,7-8,14H2,1H3. The number of ketones is 1. The fraction of sp³-hybridized carbons (Fsp3) is 0.462. The van der Waals surface area contributed by atoms with Gasteiger partial charge in [0, 0.05) is 23.5 Å². The minimum absolute atomic E-state index is 0.0352. The third-order valence-corrected chi connectivity index (χ3v) is 3.97. The Bertz CT molecular complexity index is 432. The largest absolute Gasteiger partial charge is 0.493 e. The van der Waals surface area contributed by atoms with E-state index in [0.29, 0.717) is 30.0 Å². The summed E-state index contributed by atoms with van der Waals surface area (Å²) in [5.41, 5.74) is 6.02. The lowest BCUT2D eigenvalue weighted by molar-refractivity contribution is 0.0984. The zero-order chi connectivity index (χ0) is 13.0. The zero-order valence-electron chi connectivity index (χ0n) is 10.3. The Morgan fingerprint density at radius 2 is 2.22 bits per heavy atom. The van der Waals surface area contributed by atoms with Gasteiger partial charge in [0.25, 0.3) is 0 Å². The maximum Gasteiger partial charge on any atom is 0.164 e. The molecule has 1 aromatic rings. The van der Waals surface area contributed by atoms with E-state index in [0.717, 1.165) is 11.5 Å². The lowest BCUT2D eigenvalue weighted by atomic mass is 10.1. The maximum atomic E-state index is 11.8. The molecule has 0 unspecified atom stereocenters. The van der Waals surface area contributed by atoms with Crippen molar-refractivity contribution in [2.75, 3.05) is 25.2 Å². The van der Waals surface area contributed by atoms with Crippen molar-refractivity contribution in [1.29, 1.82) is 0 Å². The van der Waals surface area contributed by atoms with Crippen LogP contribution in [0.15, 0.2) is 18.2 Å². The normalized spacial score (nSPS) is 15.0. The van der Waals surface area contributed by atoms with Crippen LogP contribution >= 0.6 is 11.8 Å². The molecule has 0 aromatic heterocycles. The third kappa shape index (κ3) is 2.97. The Morgan fingerprint density at radius 1 is 1.44 bits per heavy atom. The summed E-state index contributed by atoms with van der Waals surface area (Å²) in [7, 11) is 1.60. The summed E-state index contributed by atoms with van der Waals surface area (Å²) in [5, 5.41) is 0. The minimum atomic E-state index is 0.0352. The smallest absolute Gasteiger partial charge is 0.164 e. The molecule has 0 aliphatic carbocycles. The van der Waals surface area contributed by atoms with Crippen LogP contribution in [-0.4, -0.2) is 37.0 Å². The molecule has 0 saturated carbocycles. The van der Waals surface area contributed by atoms with Crippen molar-refractivity contribution in [2.24, 2.45) is 5.73 Å². The molecule has 1 heterocycles. The van der Waals surface area contributed by atoms with Gasteiger partial charge >= 0.3 is 0 Å². The van der Waals surface area contributed by atoms with E-state index in [1.807, 2.05) is 11.8 Å². The van der Waals surface area contributed by atoms with E-state index in [-0.39, 0.29) is 11.9 Å². The van der Waals surface area contributed by atoms with E-state index >= 15 is 0 Å². The highest BCUT2D eigenvalue weighted by atomic mass is 32.2. The third-order valence-electron chi connectivity index (χ3n) is 2.76. The molecule has 0 spiro atoms. The van der Waals surface area contributed by atoms with Crippen molar-refractivity contribution in [2.45, 2.75) is 12.5 Å². The van der Waals surface area contributed by atoms with Gasteiger partial charge < -0.3 is 15.2 Å². The number of hydrogen-bond donors (Lipinski definition) is 1. The summed E-state index contributed by atoms with van der Waals surface area (Å²) in [6, 6.07) is 5.27. The van der Waals surface area contributed by atoms with Crippen LogP contribution in [-0.2, 0) is 0 Å². The second kappa shape index (κ2) is 6.11. The average molecular weight is 267 g/mol. The number of hydrogen-bond acceptors (Lipinski definition) is 5. The van der Waals surface area contributed by atoms with Crippen LogP contribution in [0.3, 0.4) is 0 Å². The van der Waals surface area contributed by atoms with Gasteiger partial charge in [-0.15, -0.1) is 0 Å². The highest BCUT2D eigenvalue weighted by Gasteiger charge is 2.22. The molecular weight excluding hydrogens is 250 g/mol. The van der Waals surface area contributed by atoms with Gasteiger partial charge in [0.2, 0.25) is 0 Å². The van der Waals surface area contributed by atoms with Crippen molar-refractivity contribution >= 4 is 17.5 Å². The summed E-state index contributed by atoms with van der Waals surface area (Å²) < 4.78 is 11.1. The van der Waals surface area contributed by atoms with Crippen LogP contribution in [0.5, 0.6) is 11.5 Å². The van der Waals surface area contributed by atoms with Crippen LogP contribution in [0.1, 0.15) is 16.8 Å². The van der Waals surface area contributed by atoms with Crippen molar-refractivity contribution < 1.29 is 14.3 Å². The number of carbonyl (C=O) groups is 1. The van der Waals surface area contributed by atoms with Gasteiger partial charge in [0.1, 0.15) is 6.10 Å². The molecular formula is C13H17NO3S. The number of methoxy groups -OCH3 is 1. The molecule has 4 nitrogen and oxygen atoms in total. The van der Waals surface area contributed by atoms with Crippen LogP contribution in [0, 0.1) is 0 Å². The molecule has 1 aromatic carbocycles. The Hall–Kier alpha value is -1.20. The van der Waals surface area contributed by atoms with Crippen LogP contribution in [0.4, 0.5) is 0 Å². The second-order valence-corrected chi connectivity index (χ2v) is 5.18. The highest BCUT2D eigenvalue weighted by molar-refractivity contribution is 8.00. The molecule has 2 N–H and O–H groups in total. The van der Waals surface area contributed by atoms with Crippen molar-refractivity contribution in [1.82, 2.24) is 0 Å². The maximum absolute atomic E-state index is 11.8. The van der Waals surface area contributed by atoms with Crippen LogP contribution in [0.2, 0.25) is 0 Å². The van der Waals surface area contributed by atoms with E-state index in [9.17, 15) is 4.79 Å². The Labute approximate surface area is 111 Å². The molecule has 18 heavy (non-hydrogen) atoms. The van der Waals surface area contributed by atoms with E-state index < -0.39 is 0 Å². The molecule has 1 aliphatic heterocycles. The van der Waals surface area contributed by atoms with Gasteiger partial charge in [-0.05, 0) is 24.7 Å². The zero-order valence-corrected chi connectivity index (χ0v) is 11.2. The second-order valence-electron chi connectivity index (χ2n) is 4.10. The number of rotatable bonds is 6. The van der Waals surface area contributed by atoms with Gasteiger partial charge in [-0.25, -0.2) is 0 Å². The summed E-state index contributed by atoms with van der Waals surface area (Å²) in [6.45, 7) is 0.361.